The van der Waals surface area contributed by atoms with Crippen molar-refractivity contribution in [3.8, 4) is 44.9 Å². The van der Waals surface area contributed by atoms with Crippen LogP contribution in [0.25, 0.3) is 33.4 Å². The Labute approximate surface area is 300 Å². The molecule has 0 bridgehead atoms. The molecule has 0 saturated carbocycles. The molecule has 0 spiro atoms. The van der Waals surface area contributed by atoms with Crippen LogP contribution in [0.2, 0.25) is 10.0 Å². The van der Waals surface area contributed by atoms with E-state index in [9.17, 15) is 9.59 Å². The van der Waals surface area contributed by atoms with Crippen molar-refractivity contribution >= 4 is 46.4 Å². The fraction of sp³-hybridized carbons (Fsp3) is 0.316. The number of benzene rings is 4. The van der Waals surface area contributed by atoms with Crippen LogP contribution in [0, 0.1) is 0 Å². The highest BCUT2D eigenvalue weighted by atomic mass is 35.5. The molecule has 50 heavy (non-hydrogen) atoms. The van der Waals surface area contributed by atoms with E-state index >= 15 is 0 Å². The van der Waals surface area contributed by atoms with Gasteiger partial charge in [0.1, 0.15) is 11.5 Å². The third-order valence-corrected chi connectivity index (χ3v) is 10.3. The minimum Gasteiger partial charge on any atom is -0.482 e. The third-order valence-electron chi connectivity index (χ3n) is 9.52. The highest BCUT2D eigenvalue weighted by Crippen LogP contribution is 2.45. The van der Waals surface area contributed by atoms with Crippen LogP contribution in [-0.4, -0.2) is 89.7 Å². The molecule has 0 aliphatic carbocycles. The largest absolute Gasteiger partial charge is 0.482 e. The van der Waals surface area contributed by atoms with E-state index in [1.165, 1.54) is 0 Å². The Morgan fingerprint density at radius 1 is 0.620 bits per heavy atom. The van der Waals surface area contributed by atoms with Crippen molar-refractivity contribution < 1.29 is 28.5 Å². The first-order valence-electron chi connectivity index (χ1n) is 16.8. The number of morpholine rings is 2. The minimum atomic E-state index is -0.0877. The van der Waals surface area contributed by atoms with Crippen LogP contribution >= 0.6 is 23.2 Å². The number of fused-ring (bicyclic) bond motifs is 2. The summed E-state index contributed by atoms with van der Waals surface area (Å²) in [5.41, 5.74) is 6.35. The molecule has 10 nitrogen and oxygen atoms in total. The molecule has 0 radical (unpaired) electrons. The van der Waals surface area contributed by atoms with Gasteiger partial charge in [-0.2, -0.15) is 0 Å². The Morgan fingerprint density at radius 2 is 1.06 bits per heavy atom. The van der Waals surface area contributed by atoms with E-state index in [4.69, 9.17) is 42.1 Å². The number of nitrogens with zero attached hydrogens (tertiary/aromatic N) is 2. The molecule has 12 heteroatoms. The Balaban J connectivity index is 1.08. The number of amides is 2. The minimum absolute atomic E-state index is 0.0328. The van der Waals surface area contributed by atoms with Gasteiger partial charge in [-0.05, 0) is 35.4 Å². The number of ether oxygens (including phenoxy) is 4. The number of hydrogen-bond donors (Lipinski definition) is 2. The predicted molar refractivity (Wildman–Crippen MR) is 194 cm³/mol. The van der Waals surface area contributed by atoms with E-state index in [1.807, 2.05) is 72.8 Å². The summed E-state index contributed by atoms with van der Waals surface area (Å²) in [6, 6.07) is 23.4. The molecule has 8 rings (SSSR count). The van der Waals surface area contributed by atoms with Gasteiger partial charge in [0.15, 0.2) is 13.2 Å². The van der Waals surface area contributed by atoms with Crippen molar-refractivity contribution in [1.29, 1.82) is 0 Å². The molecule has 4 aliphatic rings. The zero-order valence-corrected chi connectivity index (χ0v) is 28.8. The lowest BCUT2D eigenvalue weighted by molar-refractivity contribution is -0.122. The van der Waals surface area contributed by atoms with Crippen LogP contribution < -0.4 is 29.9 Å². The lowest BCUT2D eigenvalue weighted by atomic mass is 9.95. The van der Waals surface area contributed by atoms with Gasteiger partial charge in [0.25, 0.3) is 11.8 Å². The summed E-state index contributed by atoms with van der Waals surface area (Å²) < 4.78 is 23.0. The lowest BCUT2D eigenvalue weighted by Gasteiger charge is -2.34. The molecule has 2 saturated heterocycles. The number of halogens is 2. The smallest absolute Gasteiger partial charge is 0.265 e. The summed E-state index contributed by atoms with van der Waals surface area (Å²) in [5, 5.41) is 7.93. The van der Waals surface area contributed by atoms with Crippen LogP contribution in [0.3, 0.4) is 0 Å². The number of hydrogen-bond acceptors (Lipinski definition) is 8. The monoisotopic (exact) mass is 714 g/mol. The van der Waals surface area contributed by atoms with Crippen molar-refractivity contribution in [3.05, 3.63) is 82.8 Å². The highest BCUT2D eigenvalue weighted by Gasteiger charge is 2.31. The van der Waals surface area contributed by atoms with Crippen molar-refractivity contribution in [1.82, 2.24) is 10.6 Å². The molecular weight excluding hydrogens is 679 g/mol. The molecule has 2 atom stereocenters. The average Bonchev–Trinajstić information content (AvgIpc) is 3.15. The van der Waals surface area contributed by atoms with Gasteiger partial charge in [0, 0.05) is 60.5 Å². The topological polar surface area (TPSA) is 102 Å². The van der Waals surface area contributed by atoms with Crippen LogP contribution in [0.1, 0.15) is 0 Å². The molecule has 258 valence electrons. The number of nitrogens with one attached hydrogen (secondary N) is 2. The second kappa shape index (κ2) is 14.2. The SMILES string of the molecule is O=C1COc2cc(-c3cccc(-c4cccc(-c5ccc6c(c5)OCC(=O)N6C[C@@H]5COCCN5)c4Cl)c3Cl)ccc2N1C[C@@H]1COCCN1. The fourth-order valence-corrected chi connectivity index (χ4v) is 7.66. The van der Waals surface area contributed by atoms with Crippen molar-refractivity contribution in [2.24, 2.45) is 0 Å². The first-order valence-corrected chi connectivity index (χ1v) is 17.5. The lowest BCUT2D eigenvalue weighted by Crippen LogP contribution is -2.51. The summed E-state index contributed by atoms with van der Waals surface area (Å²) >= 11 is 14.3. The molecular formula is C38H36Cl2N4O6. The Bertz CT molecular complexity index is 1810. The zero-order valence-electron chi connectivity index (χ0n) is 27.3. The quantitative estimate of drug-likeness (QED) is 0.262. The number of anilines is 2. The second-order valence-corrected chi connectivity index (χ2v) is 13.5. The number of carbonyl (C=O) groups is 2. The molecule has 4 heterocycles. The summed E-state index contributed by atoms with van der Waals surface area (Å²) in [4.78, 5) is 29.2. The Hall–Kier alpha value is -4.16. The van der Waals surface area contributed by atoms with Crippen LogP contribution in [0.4, 0.5) is 11.4 Å². The van der Waals surface area contributed by atoms with E-state index in [2.05, 4.69) is 10.6 Å². The second-order valence-electron chi connectivity index (χ2n) is 12.7. The Kier molecular flexibility index (Phi) is 9.39. The van der Waals surface area contributed by atoms with Gasteiger partial charge in [-0.1, -0.05) is 71.7 Å². The van der Waals surface area contributed by atoms with Gasteiger partial charge in [-0.3, -0.25) is 9.59 Å². The normalized spacial score (nSPS) is 20.5. The molecule has 4 aromatic carbocycles. The van der Waals surface area contributed by atoms with Crippen LogP contribution in [0.5, 0.6) is 11.5 Å². The maximum absolute atomic E-state index is 12.8. The molecule has 0 aromatic heterocycles. The van der Waals surface area contributed by atoms with Gasteiger partial charge in [0.2, 0.25) is 0 Å². The fourth-order valence-electron chi connectivity index (χ4n) is 6.98. The first-order chi connectivity index (χ1) is 24.4. The van der Waals surface area contributed by atoms with Gasteiger partial charge in [-0.25, -0.2) is 0 Å². The van der Waals surface area contributed by atoms with Gasteiger partial charge >= 0.3 is 0 Å². The first kappa shape index (κ1) is 33.0. The number of rotatable bonds is 7. The summed E-state index contributed by atoms with van der Waals surface area (Å²) in [7, 11) is 0. The maximum atomic E-state index is 12.8. The standard InChI is InChI=1S/C38H36Cl2N4O6/c39-37-27(23-7-9-31-33(15-23)49-21-35(45)43(31)17-25-19-47-13-11-41-25)3-1-5-29(37)30-6-2-4-28(38(30)40)24-8-10-32-34(16-24)50-22-36(46)44(32)18-26-20-48-14-12-42-26/h1-10,15-16,25-26,41-42H,11-14,17-22H2/t25-,26-/m1/s1. The summed E-state index contributed by atoms with van der Waals surface area (Å²) in [5.74, 6) is 1.07. The maximum Gasteiger partial charge on any atom is 0.265 e. The zero-order chi connectivity index (χ0) is 34.2. The van der Waals surface area contributed by atoms with Crippen LogP contribution in [-0.2, 0) is 19.1 Å². The summed E-state index contributed by atoms with van der Waals surface area (Å²) in [6.07, 6.45) is 0. The van der Waals surface area contributed by atoms with Gasteiger partial charge in [-0.15, -0.1) is 0 Å². The molecule has 4 aromatic rings. The number of carbonyl (C=O) groups excluding carboxylic acids is 2. The highest BCUT2D eigenvalue weighted by molar-refractivity contribution is 6.39. The van der Waals surface area contributed by atoms with E-state index in [0.29, 0.717) is 61.1 Å². The predicted octanol–water partition coefficient (Wildman–Crippen LogP) is 5.42. The van der Waals surface area contributed by atoms with E-state index < -0.39 is 0 Å². The van der Waals surface area contributed by atoms with Gasteiger partial charge in [0.05, 0.1) is 47.8 Å². The molecule has 2 amide bonds. The van der Waals surface area contributed by atoms with Crippen molar-refractivity contribution in [2.75, 3.05) is 75.6 Å². The van der Waals surface area contributed by atoms with E-state index in [-0.39, 0.29) is 37.1 Å². The molecule has 2 fully saturated rings. The third kappa shape index (κ3) is 6.43. The van der Waals surface area contributed by atoms with Crippen molar-refractivity contribution in [2.45, 2.75) is 12.1 Å². The van der Waals surface area contributed by atoms with Crippen molar-refractivity contribution in [3.63, 3.8) is 0 Å². The van der Waals surface area contributed by atoms with Crippen LogP contribution in [0.15, 0.2) is 72.8 Å². The Morgan fingerprint density at radius 3 is 1.48 bits per heavy atom. The van der Waals surface area contributed by atoms with E-state index in [0.717, 1.165) is 57.8 Å². The average molecular weight is 716 g/mol. The van der Waals surface area contributed by atoms with E-state index in [1.54, 1.807) is 9.80 Å². The molecule has 2 N–H and O–H groups in total. The summed E-state index contributed by atoms with van der Waals surface area (Å²) in [6.45, 7) is 4.90. The molecule has 4 aliphatic heterocycles. The molecule has 0 unspecified atom stereocenters. The van der Waals surface area contributed by atoms with Gasteiger partial charge < -0.3 is 39.4 Å².